The lowest BCUT2D eigenvalue weighted by Gasteiger charge is -2.16. The van der Waals surface area contributed by atoms with E-state index in [0.717, 1.165) is 16.9 Å². The topological polar surface area (TPSA) is 29.5 Å². The van der Waals surface area contributed by atoms with Gasteiger partial charge in [0.05, 0.1) is 13.7 Å². The fourth-order valence-electron chi connectivity index (χ4n) is 1.65. The van der Waals surface area contributed by atoms with Crippen molar-refractivity contribution in [2.24, 2.45) is 0 Å². The zero-order chi connectivity index (χ0) is 10.7. The summed E-state index contributed by atoms with van der Waals surface area (Å²) in [5.74, 6) is 1.35. The van der Waals surface area contributed by atoms with Crippen molar-refractivity contribution >= 4 is 0 Å². The van der Waals surface area contributed by atoms with Gasteiger partial charge in [-0.15, -0.1) is 0 Å². The minimum atomic E-state index is 0.0700. The van der Waals surface area contributed by atoms with Crippen LogP contribution in [-0.2, 0) is 6.61 Å². The van der Waals surface area contributed by atoms with Gasteiger partial charge < -0.3 is 9.84 Å². The van der Waals surface area contributed by atoms with Crippen LogP contribution >= 0.6 is 0 Å². The van der Waals surface area contributed by atoms with Crippen LogP contribution in [0.2, 0.25) is 0 Å². The fraction of sp³-hybridized carbons (Fsp3) is 0.500. The van der Waals surface area contributed by atoms with Gasteiger partial charge in [-0.2, -0.15) is 0 Å². The van der Waals surface area contributed by atoms with E-state index in [-0.39, 0.29) is 6.61 Å². The van der Waals surface area contributed by atoms with E-state index in [1.807, 2.05) is 19.1 Å². The Morgan fingerprint density at radius 1 is 1.36 bits per heavy atom. The maximum absolute atomic E-state index is 9.11. The molecule has 0 saturated carbocycles. The average Bonchev–Trinajstić information content (AvgIpc) is 2.17. The average molecular weight is 194 g/mol. The van der Waals surface area contributed by atoms with Crippen LogP contribution in [0.1, 0.15) is 36.5 Å². The van der Waals surface area contributed by atoms with Crippen molar-refractivity contribution in [3.05, 3.63) is 28.8 Å². The van der Waals surface area contributed by atoms with Crippen molar-refractivity contribution in [3.63, 3.8) is 0 Å². The molecular formula is C12H18O2. The second-order valence-electron chi connectivity index (χ2n) is 3.78. The van der Waals surface area contributed by atoms with Crippen LogP contribution in [0.3, 0.4) is 0 Å². The van der Waals surface area contributed by atoms with Crippen molar-refractivity contribution in [1.82, 2.24) is 0 Å². The summed E-state index contributed by atoms with van der Waals surface area (Å²) in [6, 6.07) is 4.00. The van der Waals surface area contributed by atoms with Gasteiger partial charge in [-0.3, -0.25) is 0 Å². The number of aliphatic hydroxyl groups excluding tert-OH is 1. The number of aliphatic hydroxyl groups is 1. The molecule has 0 spiro atoms. The summed E-state index contributed by atoms with van der Waals surface area (Å²) in [7, 11) is 1.68. The van der Waals surface area contributed by atoms with Crippen LogP contribution in [0.25, 0.3) is 0 Å². The highest BCUT2D eigenvalue weighted by Crippen LogP contribution is 2.31. The van der Waals surface area contributed by atoms with Gasteiger partial charge in [-0.25, -0.2) is 0 Å². The van der Waals surface area contributed by atoms with Gasteiger partial charge in [0, 0.05) is 0 Å². The van der Waals surface area contributed by atoms with Crippen molar-refractivity contribution in [1.29, 1.82) is 0 Å². The van der Waals surface area contributed by atoms with Crippen molar-refractivity contribution in [2.45, 2.75) is 33.3 Å². The molecule has 0 bridgehead atoms. The van der Waals surface area contributed by atoms with Crippen LogP contribution in [0.5, 0.6) is 5.75 Å². The van der Waals surface area contributed by atoms with Crippen molar-refractivity contribution in [3.8, 4) is 5.75 Å². The molecule has 0 aliphatic heterocycles. The zero-order valence-corrected chi connectivity index (χ0v) is 9.29. The molecule has 0 saturated heterocycles. The monoisotopic (exact) mass is 194 g/mol. The molecule has 14 heavy (non-hydrogen) atoms. The van der Waals surface area contributed by atoms with E-state index in [9.17, 15) is 0 Å². The lowest BCUT2D eigenvalue weighted by molar-refractivity contribution is 0.280. The summed E-state index contributed by atoms with van der Waals surface area (Å²) in [6.45, 7) is 6.32. The number of methoxy groups -OCH3 is 1. The second-order valence-corrected chi connectivity index (χ2v) is 3.78. The Kier molecular flexibility index (Phi) is 3.53. The molecule has 0 aliphatic carbocycles. The van der Waals surface area contributed by atoms with Gasteiger partial charge in [0.2, 0.25) is 0 Å². The Morgan fingerprint density at radius 3 is 2.43 bits per heavy atom. The Bertz CT molecular complexity index is 316. The second kappa shape index (κ2) is 4.47. The Balaban J connectivity index is 3.28. The summed E-state index contributed by atoms with van der Waals surface area (Å²) in [5, 5.41) is 9.11. The number of hydrogen-bond donors (Lipinski definition) is 1. The van der Waals surface area contributed by atoms with E-state index < -0.39 is 0 Å². The van der Waals surface area contributed by atoms with Crippen LogP contribution in [0.15, 0.2) is 12.1 Å². The van der Waals surface area contributed by atoms with Crippen molar-refractivity contribution < 1.29 is 9.84 Å². The predicted molar refractivity (Wildman–Crippen MR) is 57.7 cm³/mol. The van der Waals surface area contributed by atoms with Gasteiger partial charge in [0.25, 0.3) is 0 Å². The van der Waals surface area contributed by atoms with Gasteiger partial charge in [0.1, 0.15) is 5.75 Å². The number of ether oxygens (including phenoxy) is 1. The lowest BCUT2D eigenvalue weighted by atomic mass is 9.96. The third kappa shape index (κ3) is 1.90. The van der Waals surface area contributed by atoms with Crippen LogP contribution in [-0.4, -0.2) is 12.2 Å². The highest BCUT2D eigenvalue weighted by atomic mass is 16.5. The number of rotatable bonds is 3. The molecule has 78 valence electrons. The third-order valence-corrected chi connectivity index (χ3v) is 2.55. The van der Waals surface area contributed by atoms with E-state index >= 15 is 0 Å². The molecule has 2 heteroatoms. The minimum Gasteiger partial charge on any atom is -0.496 e. The molecule has 0 aromatic heterocycles. The quantitative estimate of drug-likeness (QED) is 0.801. The number of benzene rings is 1. The molecule has 0 fully saturated rings. The highest BCUT2D eigenvalue weighted by molar-refractivity contribution is 5.46. The molecule has 0 atom stereocenters. The fourth-order valence-corrected chi connectivity index (χ4v) is 1.65. The van der Waals surface area contributed by atoms with E-state index in [1.165, 1.54) is 5.56 Å². The third-order valence-electron chi connectivity index (χ3n) is 2.55. The first-order valence-electron chi connectivity index (χ1n) is 4.89. The van der Waals surface area contributed by atoms with E-state index in [2.05, 4.69) is 13.8 Å². The molecule has 1 aromatic rings. The Labute approximate surface area is 85.5 Å². The first-order valence-corrected chi connectivity index (χ1v) is 4.89. The molecule has 1 N–H and O–H groups in total. The summed E-state index contributed by atoms with van der Waals surface area (Å²) in [6.07, 6.45) is 0. The Hall–Kier alpha value is -1.02. The van der Waals surface area contributed by atoms with E-state index in [4.69, 9.17) is 9.84 Å². The minimum absolute atomic E-state index is 0.0700. The summed E-state index contributed by atoms with van der Waals surface area (Å²) in [4.78, 5) is 0. The van der Waals surface area contributed by atoms with Crippen LogP contribution < -0.4 is 4.74 Å². The number of hydrogen-bond acceptors (Lipinski definition) is 2. The predicted octanol–water partition coefficient (Wildman–Crippen LogP) is 2.62. The molecular weight excluding hydrogens is 176 g/mol. The molecule has 2 nitrogen and oxygen atoms in total. The van der Waals surface area contributed by atoms with Gasteiger partial charge >= 0.3 is 0 Å². The first-order chi connectivity index (χ1) is 6.61. The lowest BCUT2D eigenvalue weighted by Crippen LogP contribution is -2.00. The van der Waals surface area contributed by atoms with E-state index in [1.54, 1.807) is 7.11 Å². The summed E-state index contributed by atoms with van der Waals surface area (Å²) >= 11 is 0. The van der Waals surface area contributed by atoms with Crippen LogP contribution in [0.4, 0.5) is 0 Å². The molecule has 1 rings (SSSR count). The molecule has 0 radical (unpaired) electrons. The molecule has 0 heterocycles. The molecule has 0 unspecified atom stereocenters. The smallest absolute Gasteiger partial charge is 0.125 e. The zero-order valence-electron chi connectivity index (χ0n) is 9.29. The Morgan fingerprint density at radius 2 is 2.00 bits per heavy atom. The maximum Gasteiger partial charge on any atom is 0.125 e. The first kappa shape index (κ1) is 11.1. The molecule has 0 amide bonds. The normalized spacial score (nSPS) is 10.7. The summed E-state index contributed by atoms with van der Waals surface area (Å²) in [5.41, 5.74) is 3.18. The van der Waals surface area contributed by atoms with Gasteiger partial charge in [-0.1, -0.05) is 26.0 Å². The standard InChI is InChI=1S/C12H18O2/c1-8(2)11-6-5-10(7-13)9(3)12(11)14-4/h5-6,8,13H,7H2,1-4H3. The van der Waals surface area contributed by atoms with Gasteiger partial charge in [-0.05, 0) is 29.5 Å². The van der Waals surface area contributed by atoms with E-state index in [0.29, 0.717) is 5.92 Å². The SMILES string of the molecule is COc1c(C(C)C)ccc(CO)c1C. The molecule has 1 aromatic carbocycles. The molecule has 0 aliphatic rings. The van der Waals surface area contributed by atoms with Crippen molar-refractivity contribution in [2.75, 3.05) is 7.11 Å². The highest BCUT2D eigenvalue weighted by Gasteiger charge is 2.12. The van der Waals surface area contributed by atoms with Gasteiger partial charge in [0.15, 0.2) is 0 Å². The summed E-state index contributed by atoms with van der Waals surface area (Å²) < 4.78 is 5.37. The maximum atomic E-state index is 9.11. The largest absolute Gasteiger partial charge is 0.496 e. The van der Waals surface area contributed by atoms with Crippen LogP contribution in [0, 0.1) is 6.92 Å².